The average Bonchev–Trinajstić information content (AvgIpc) is 2.74. The van der Waals surface area contributed by atoms with Crippen molar-refractivity contribution < 1.29 is 24.6 Å². The summed E-state index contributed by atoms with van der Waals surface area (Å²) >= 11 is 0. The lowest BCUT2D eigenvalue weighted by atomic mass is 9.91. The molecule has 8 nitrogen and oxygen atoms in total. The summed E-state index contributed by atoms with van der Waals surface area (Å²) in [7, 11) is 0. The number of carbonyl (C=O) groups excluding carboxylic acids is 2. The molecular formula is C21H23N3O5. The Morgan fingerprint density at radius 2 is 1.79 bits per heavy atom. The van der Waals surface area contributed by atoms with E-state index >= 15 is 0 Å². The van der Waals surface area contributed by atoms with Crippen LogP contribution in [-0.2, 0) is 16.0 Å². The Balaban J connectivity index is 1.74. The zero-order valence-electron chi connectivity index (χ0n) is 15.8. The molecule has 2 amide bonds. The molecule has 0 saturated carbocycles. The van der Waals surface area contributed by atoms with Crippen LogP contribution in [0.1, 0.15) is 28.8 Å². The topological polar surface area (TPSA) is 120 Å². The molecule has 8 heteroatoms. The predicted octanol–water partition coefficient (Wildman–Crippen LogP) is 0.861. The number of piperidine rings is 1. The van der Waals surface area contributed by atoms with E-state index in [1.807, 2.05) is 30.3 Å². The number of nitrogens with zero attached hydrogens (tertiary/aromatic N) is 2. The quantitative estimate of drug-likeness (QED) is 0.665. The monoisotopic (exact) mass is 397 g/mol. The van der Waals surface area contributed by atoms with Gasteiger partial charge < -0.3 is 20.4 Å². The third kappa shape index (κ3) is 4.97. The normalized spacial score (nSPS) is 16.7. The molecule has 1 atom stereocenters. The van der Waals surface area contributed by atoms with Crippen LogP contribution >= 0.6 is 0 Å². The van der Waals surface area contributed by atoms with Crippen molar-refractivity contribution in [2.24, 2.45) is 0 Å². The van der Waals surface area contributed by atoms with Gasteiger partial charge in [0.1, 0.15) is 6.04 Å². The minimum Gasteiger partial charge on any atom is -0.479 e. The number of carboxylic acids is 1. The lowest BCUT2D eigenvalue weighted by molar-refractivity contribution is -0.165. The molecule has 1 aliphatic heterocycles. The highest BCUT2D eigenvalue weighted by atomic mass is 16.4. The van der Waals surface area contributed by atoms with Crippen LogP contribution in [0.3, 0.4) is 0 Å². The number of rotatable bonds is 6. The van der Waals surface area contributed by atoms with Crippen molar-refractivity contribution in [1.29, 1.82) is 0 Å². The van der Waals surface area contributed by atoms with Gasteiger partial charge in [-0.1, -0.05) is 30.3 Å². The Morgan fingerprint density at radius 3 is 2.38 bits per heavy atom. The Hall–Kier alpha value is -3.26. The maximum Gasteiger partial charge on any atom is 0.335 e. The van der Waals surface area contributed by atoms with Crippen molar-refractivity contribution >= 4 is 17.8 Å². The summed E-state index contributed by atoms with van der Waals surface area (Å²) in [6.07, 6.45) is 3.17. The molecule has 3 N–H and O–H groups in total. The molecular weight excluding hydrogens is 374 g/mol. The fourth-order valence-corrected chi connectivity index (χ4v) is 3.32. The molecule has 0 radical (unpaired) electrons. The maximum atomic E-state index is 13.1. The van der Waals surface area contributed by atoms with E-state index in [4.69, 9.17) is 5.11 Å². The van der Waals surface area contributed by atoms with Crippen LogP contribution in [0.2, 0.25) is 0 Å². The van der Waals surface area contributed by atoms with Gasteiger partial charge in [0.05, 0.1) is 5.56 Å². The van der Waals surface area contributed by atoms with E-state index in [1.54, 1.807) is 18.3 Å². The maximum absolute atomic E-state index is 13.1. The molecule has 1 aromatic carbocycles. The van der Waals surface area contributed by atoms with E-state index in [-0.39, 0.29) is 31.8 Å². The fraction of sp³-hybridized carbons (Fsp3) is 0.333. The lowest BCUT2D eigenvalue weighted by Gasteiger charge is -2.37. The summed E-state index contributed by atoms with van der Waals surface area (Å²) in [5.74, 6) is -2.00. The molecule has 1 unspecified atom stereocenters. The number of carbonyl (C=O) groups is 3. The molecule has 2 heterocycles. The van der Waals surface area contributed by atoms with Crippen molar-refractivity contribution in [1.82, 2.24) is 15.2 Å². The van der Waals surface area contributed by atoms with Crippen molar-refractivity contribution in [2.75, 3.05) is 13.1 Å². The molecule has 1 aromatic heterocycles. The number of hydrogen-bond donors (Lipinski definition) is 3. The number of likely N-dealkylation sites (tertiary alicyclic amines) is 1. The summed E-state index contributed by atoms with van der Waals surface area (Å²) in [5, 5.41) is 22.0. The number of nitrogens with one attached hydrogen (secondary N) is 1. The molecule has 0 spiro atoms. The Morgan fingerprint density at radius 1 is 1.10 bits per heavy atom. The highest BCUT2D eigenvalue weighted by Gasteiger charge is 2.41. The minimum atomic E-state index is -1.81. The summed E-state index contributed by atoms with van der Waals surface area (Å²) in [5.41, 5.74) is -0.585. The minimum absolute atomic E-state index is 0.0529. The first-order valence-corrected chi connectivity index (χ1v) is 9.38. The number of amides is 2. The molecule has 2 aromatic rings. The van der Waals surface area contributed by atoms with E-state index in [0.717, 1.165) is 5.56 Å². The van der Waals surface area contributed by atoms with E-state index in [1.165, 1.54) is 11.1 Å². The SMILES string of the molecule is O=C(NC(Cc1ccccc1)C(=O)N1CCC(O)(C(=O)O)CC1)c1cccnc1. The number of aromatic nitrogens is 1. The summed E-state index contributed by atoms with van der Waals surface area (Å²) < 4.78 is 0. The summed E-state index contributed by atoms with van der Waals surface area (Å²) in [6, 6.07) is 11.8. The van der Waals surface area contributed by atoms with Gasteiger partial charge in [0, 0.05) is 44.7 Å². The van der Waals surface area contributed by atoms with E-state index in [0.29, 0.717) is 12.0 Å². The first-order chi connectivity index (χ1) is 13.9. The highest BCUT2D eigenvalue weighted by molar-refractivity contribution is 5.97. The van der Waals surface area contributed by atoms with Gasteiger partial charge in [-0.25, -0.2) is 4.79 Å². The molecule has 3 rings (SSSR count). The number of pyridine rings is 1. The third-order valence-corrected chi connectivity index (χ3v) is 5.11. The number of aliphatic hydroxyl groups is 1. The Labute approximate surface area is 168 Å². The number of aliphatic carboxylic acids is 1. The zero-order chi connectivity index (χ0) is 20.9. The first-order valence-electron chi connectivity index (χ1n) is 9.38. The van der Waals surface area contributed by atoms with Crippen LogP contribution in [-0.4, -0.2) is 62.6 Å². The Bertz CT molecular complexity index is 864. The van der Waals surface area contributed by atoms with Crippen molar-refractivity contribution in [2.45, 2.75) is 30.9 Å². The zero-order valence-corrected chi connectivity index (χ0v) is 15.8. The molecule has 0 aliphatic carbocycles. The molecule has 1 saturated heterocycles. The highest BCUT2D eigenvalue weighted by Crippen LogP contribution is 2.23. The third-order valence-electron chi connectivity index (χ3n) is 5.11. The second-order valence-corrected chi connectivity index (χ2v) is 7.12. The molecule has 152 valence electrons. The van der Waals surface area contributed by atoms with Gasteiger partial charge in [-0.3, -0.25) is 14.6 Å². The van der Waals surface area contributed by atoms with Crippen LogP contribution in [0.4, 0.5) is 0 Å². The summed E-state index contributed by atoms with van der Waals surface area (Å²) in [4.78, 5) is 42.3. The predicted molar refractivity (Wildman–Crippen MR) is 104 cm³/mol. The van der Waals surface area contributed by atoms with Crippen LogP contribution in [0, 0.1) is 0 Å². The smallest absolute Gasteiger partial charge is 0.335 e. The fourth-order valence-electron chi connectivity index (χ4n) is 3.32. The van der Waals surface area contributed by atoms with Crippen LogP contribution in [0.25, 0.3) is 0 Å². The van der Waals surface area contributed by atoms with Gasteiger partial charge in [-0.05, 0) is 17.7 Å². The standard InChI is InChI=1S/C21H23N3O5/c25-18(16-7-4-10-22-14-16)23-17(13-15-5-2-1-3-6-15)19(26)24-11-8-21(29,9-12-24)20(27)28/h1-7,10,14,17,29H,8-9,11-13H2,(H,23,25)(H,27,28). The van der Waals surface area contributed by atoms with Crippen molar-refractivity contribution in [3.05, 3.63) is 66.0 Å². The van der Waals surface area contributed by atoms with Gasteiger partial charge in [0.2, 0.25) is 5.91 Å². The largest absolute Gasteiger partial charge is 0.479 e. The Kier molecular flexibility index (Phi) is 6.23. The first kappa shape index (κ1) is 20.5. The summed E-state index contributed by atoms with van der Waals surface area (Å²) in [6.45, 7) is 0.214. The van der Waals surface area contributed by atoms with E-state index < -0.39 is 23.5 Å². The van der Waals surface area contributed by atoms with Gasteiger partial charge >= 0.3 is 5.97 Å². The van der Waals surface area contributed by atoms with Gasteiger partial charge in [-0.15, -0.1) is 0 Å². The van der Waals surface area contributed by atoms with E-state index in [9.17, 15) is 19.5 Å². The number of benzene rings is 1. The van der Waals surface area contributed by atoms with Crippen LogP contribution in [0.15, 0.2) is 54.9 Å². The van der Waals surface area contributed by atoms with E-state index in [2.05, 4.69) is 10.3 Å². The van der Waals surface area contributed by atoms with Crippen molar-refractivity contribution in [3.63, 3.8) is 0 Å². The molecule has 29 heavy (non-hydrogen) atoms. The second-order valence-electron chi connectivity index (χ2n) is 7.12. The molecule has 1 aliphatic rings. The average molecular weight is 397 g/mol. The number of hydrogen-bond acceptors (Lipinski definition) is 5. The van der Waals surface area contributed by atoms with Gasteiger partial charge in [0.15, 0.2) is 5.60 Å². The van der Waals surface area contributed by atoms with Crippen molar-refractivity contribution in [3.8, 4) is 0 Å². The van der Waals surface area contributed by atoms with Crippen LogP contribution in [0.5, 0.6) is 0 Å². The molecule has 0 bridgehead atoms. The van der Waals surface area contributed by atoms with Crippen LogP contribution < -0.4 is 5.32 Å². The number of carboxylic acid groups (broad SMARTS) is 1. The second kappa shape index (κ2) is 8.83. The molecule has 1 fully saturated rings. The van der Waals surface area contributed by atoms with Gasteiger partial charge in [-0.2, -0.15) is 0 Å². The lowest BCUT2D eigenvalue weighted by Crippen LogP contribution is -2.56. The van der Waals surface area contributed by atoms with Gasteiger partial charge in [0.25, 0.3) is 5.91 Å².